The molecule has 0 spiro atoms. The number of anilines is 1. The Morgan fingerprint density at radius 1 is 1.38 bits per heavy atom. The molecule has 110 valence electrons. The zero-order valence-corrected chi connectivity index (χ0v) is 12.5. The van der Waals surface area contributed by atoms with Gasteiger partial charge >= 0.3 is 5.97 Å². The van der Waals surface area contributed by atoms with Gasteiger partial charge in [-0.1, -0.05) is 18.2 Å². The summed E-state index contributed by atoms with van der Waals surface area (Å²) < 4.78 is 5.78. The molecule has 2 N–H and O–H groups in total. The van der Waals surface area contributed by atoms with E-state index in [0.717, 1.165) is 23.1 Å². The van der Waals surface area contributed by atoms with E-state index in [-0.39, 0.29) is 11.8 Å². The number of thiophene rings is 1. The second-order valence-corrected chi connectivity index (χ2v) is 6.03. The van der Waals surface area contributed by atoms with Crippen molar-refractivity contribution in [3.8, 4) is 0 Å². The first-order chi connectivity index (χ1) is 10.2. The number of amides is 1. The molecule has 1 aromatic heterocycles. The largest absolute Gasteiger partial charge is 0.465 e. The summed E-state index contributed by atoms with van der Waals surface area (Å²) in [6.07, 6.45) is 0.821. The van der Waals surface area contributed by atoms with Crippen molar-refractivity contribution in [3.63, 3.8) is 0 Å². The standard InChI is InChI=1S/C15H16N2O3S/c1-20-15(19)13-12(10-4-2-3-5-11(10)21-13)17-14(18)9-6-7-16-8-9/h2-5,9,16H,6-8H2,1H3,(H,17,18). The summed E-state index contributed by atoms with van der Waals surface area (Å²) in [4.78, 5) is 24.7. The van der Waals surface area contributed by atoms with Gasteiger partial charge in [0, 0.05) is 16.6 Å². The smallest absolute Gasteiger partial charge is 0.350 e. The highest BCUT2D eigenvalue weighted by Gasteiger charge is 2.26. The minimum Gasteiger partial charge on any atom is -0.465 e. The van der Waals surface area contributed by atoms with E-state index in [0.29, 0.717) is 17.1 Å². The molecule has 1 fully saturated rings. The van der Waals surface area contributed by atoms with Crippen LogP contribution in [0.4, 0.5) is 5.69 Å². The Morgan fingerprint density at radius 3 is 2.90 bits per heavy atom. The molecule has 2 heterocycles. The van der Waals surface area contributed by atoms with Gasteiger partial charge in [-0.3, -0.25) is 4.79 Å². The van der Waals surface area contributed by atoms with E-state index in [1.807, 2.05) is 24.3 Å². The number of benzene rings is 1. The highest BCUT2D eigenvalue weighted by Crippen LogP contribution is 2.36. The fraction of sp³-hybridized carbons (Fsp3) is 0.333. The van der Waals surface area contributed by atoms with Crippen LogP contribution < -0.4 is 10.6 Å². The normalized spacial score (nSPS) is 17.9. The molecular weight excluding hydrogens is 288 g/mol. The molecule has 1 atom stereocenters. The van der Waals surface area contributed by atoms with Crippen LogP contribution in [0.2, 0.25) is 0 Å². The molecule has 21 heavy (non-hydrogen) atoms. The van der Waals surface area contributed by atoms with E-state index in [1.165, 1.54) is 18.4 Å². The summed E-state index contributed by atoms with van der Waals surface area (Å²) in [5.74, 6) is -0.515. The Bertz CT molecular complexity index is 689. The predicted octanol–water partition coefficient (Wildman–Crippen LogP) is 2.24. The summed E-state index contributed by atoms with van der Waals surface area (Å²) >= 11 is 1.34. The third-order valence-electron chi connectivity index (χ3n) is 3.65. The Morgan fingerprint density at radius 2 is 2.19 bits per heavy atom. The number of hydrogen-bond donors (Lipinski definition) is 2. The lowest BCUT2D eigenvalue weighted by Crippen LogP contribution is -2.25. The van der Waals surface area contributed by atoms with Gasteiger partial charge in [0.25, 0.3) is 0 Å². The predicted molar refractivity (Wildman–Crippen MR) is 82.8 cm³/mol. The van der Waals surface area contributed by atoms with Crippen molar-refractivity contribution in [2.75, 3.05) is 25.5 Å². The average Bonchev–Trinajstić information content (AvgIpc) is 3.15. The van der Waals surface area contributed by atoms with Crippen LogP contribution in [0.3, 0.4) is 0 Å². The topological polar surface area (TPSA) is 67.4 Å². The molecule has 2 aromatic rings. The van der Waals surface area contributed by atoms with Crippen LogP contribution in [0.25, 0.3) is 10.1 Å². The zero-order chi connectivity index (χ0) is 14.8. The Balaban J connectivity index is 1.98. The average molecular weight is 304 g/mol. The number of hydrogen-bond acceptors (Lipinski definition) is 5. The lowest BCUT2D eigenvalue weighted by Gasteiger charge is -2.10. The SMILES string of the molecule is COC(=O)c1sc2ccccc2c1NC(=O)C1CCNC1. The first-order valence-electron chi connectivity index (χ1n) is 6.82. The molecule has 1 aliphatic rings. The second-order valence-electron chi connectivity index (χ2n) is 4.97. The fourth-order valence-corrected chi connectivity index (χ4v) is 3.59. The van der Waals surface area contributed by atoms with E-state index in [1.54, 1.807) is 0 Å². The first kappa shape index (κ1) is 14.0. The summed E-state index contributed by atoms with van der Waals surface area (Å²) in [6.45, 7) is 1.54. The molecule has 0 radical (unpaired) electrons. The summed E-state index contributed by atoms with van der Waals surface area (Å²) in [5.41, 5.74) is 0.569. The van der Waals surface area contributed by atoms with Gasteiger partial charge < -0.3 is 15.4 Å². The first-order valence-corrected chi connectivity index (χ1v) is 7.63. The van der Waals surface area contributed by atoms with Gasteiger partial charge in [-0.05, 0) is 19.0 Å². The van der Waals surface area contributed by atoms with Crippen molar-refractivity contribution >= 4 is 39.0 Å². The van der Waals surface area contributed by atoms with Gasteiger partial charge in [0.05, 0.1) is 18.7 Å². The molecule has 1 amide bonds. The summed E-state index contributed by atoms with van der Waals surface area (Å²) in [6, 6.07) is 7.63. The molecular formula is C15H16N2O3S. The van der Waals surface area contributed by atoms with Crippen LogP contribution >= 0.6 is 11.3 Å². The fourth-order valence-electron chi connectivity index (χ4n) is 2.51. The van der Waals surface area contributed by atoms with Gasteiger partial charge in [0.15, 0.2) is 0 Å². The number of fused-ring (bicyclic) bond motifs is 1. The quantitative estimate of drug-likeness (QED) is 0.853. The Hall–Kier alpha value is -1.92. The molecule has 1 saturated heterocycles. The van der Waals surface area contributed by atoms with Crippen LogP contribution in [0.15, 0.2) is 24.3 Å². The molecule has 3 rings (SSSR count). The monoisotopic (exact) mass is 304 g/mol. The number of nitrogens with one attached hydrogen (secondary N) is 2. The maximum Gasteiger partial charge on any atom is 0.350 e. The van der Waals surface area contributed by atoms with Crippen molar-refractivity contribution in [2.24, 2.45) is 5.92 Å². The zero-order valence-electron chi connectivity index (χ0n) is 11.6. The third-order valence-corrected chi connectivity index (χ3v) is 4.80. The van der Waals surface area contributed by atoms with Crippen LogP contribution in [-0.2, 0) is 9.53 Å². The molecule has 0 aliphatic carbocycles. The van der Waals surface area contributed by atoms with Gasteiger partial charge in [-0.2, -0.15) is 0 Å². The van der Waals surface area contributed by atoms with Crippen LogP contribution in [0.1, 0.15) is 16.1 Å². The second kappa shape index (κ2) is 5.83. The lowest BCUT2D eigenvalue weighted by atomic mass is 10.1. The van der Waals surface area contributed by atoms with Gasteiger partial charge in [-0.25, -0.2) is 4.79 Å². The highest BCUT2D eigenvalue weighted by atomic mass is 32.1. The van der Waals surface area contributed by atoms with Crippen molar-refractivity contribution in [1.82, 2.24) is 5.32 Å². The van der Waals surface area contributed by atoms with E-state index in [9.17, 15) is 9.59 Å². The number of esters is 1. The molecule has 1 aromatic carbocycles. The van der Waals surface area contributed by atoms with E-state index in [4.69, 9.17) is 4.74 Å². The molecule has 1 aliphatic heterocycles. The molecule has 5 nitrogen and oxygen atoms in total. The lowest BCUT2D eigenvalue weighted by molar-refractivity contribution is -0.119. The van der Waals surface area contributed by atoms with Crippen LogP contribution in [-0.4, -0.2) is 32.1 Å². The van der Waals surface area contributed by atoms with Crippen molar-refractivity contribution in [2.45, 2.75) is 6.42 Å². The van der Waals surface area contributed by atoms with E-state index >= 15 is 0 Å². The summed E-state index contributed by atoms with van der Waals surface area (Å²) in [5, 5.41) is 6.97. The summed E-state index contributed by atoms with van der Waals surface area (Å²) in [7, 11) is 1.35. The Kier molecular flexibility index (Phi) is 3.90. The van der Waals surface area contributed by atoms with E-state index < -0.39 is 5.97 Å². The number of methoxy groups -OCH3 is 1. The third kappa shape index (κ3) is 2.64. The number of rotatable bonds is 3. The van der Waals surface area contributed by atoms with Crippen LogP contribution in [0.5, 0.6) is 0 Å². The highest BCUT2D eigenvalue weighted by molar-refractivity contribution is 7.21. The van der Waals surface area contributed by atoms with Crippen molar-refractivity contribution in [1.29, 1.82) is 0 Å². The van der Waals surface area contributed by atoms with Gasteiger partial charge in [0.1, 0.15) is 4.88 Å². The minimum absolute atomic E-state index is 0.0471. The Labute approximate surface area is 126 Å². The van der Waals surface area contributed by atoms with Gasteiger partial charge in [0.2, 0.25) is 5.91 Å². The minimum atomic E-state index is -0.420. The molecule has 0 saturated carbocycles. The number of ether oxygens (including phenoxy) is 1. The number of carbonyl (C=O) groups is 2. The maximum absolute atomic E-state index is 12.3. The van der Waals surface area contributed by atoms with Crippen LogP contribution in [0, 0.1) is 5.92 Å². The van der Waals surface area contributed by atoms with Crippen molar-refractivity contribution < 1.29 is 14.3 Å². The molecule has 1 unspecified atom stereocenters. The molecule has 6 heteroatoms. The van der Waals surface area contributed by atoms with E-state index in [2.05, 4.69) is 10.6 Å². The molecule has 0 bridgehead atoms. The van der Waals surface area contributed by atoms with Crippen molar-refractivity contribution in [3.05, 3.63) is 29.1 Å². The maximum atomic E-state index is 12.3. The van der Waals surface area contributed by atoms with Gasteiger partial charge in [-0.15, -0.1) is 11.3 Å². The number of carbonyl (C=O) groups excluding carboxylic acids is 2.